The van der Waals surface area contributed by atoms with Crippen LogP contribution in [0.5, 0.6) is 0 Å². The first kappa shape index (κ1) is 13.3. The van der Waals surface area contributed by atoms with E-state index in [0.717, 1.165) is 44.1 Å². The number of aryl methyl sites for hydroxylation is 1. The predicted octanol–water partition coefficient (Wildman–Crippen LogP) is 2.37. The van der Waals surface area contributed by atoms with E-state index >= 15 is 0 Å². The molecule has 1 fully saturated rings. The van der Waals surface area contributed by atoms with Crippen LogP contribution in [-0.4, -0.2) is 23.3 Å². The molecule has 4 nitrogen and oxygen atoms in total. The summed E-state index contributed by atoms with van der Waals surface area (Å²) in [4.78, 5) is 0. The average molecular weight is 249 g/mol. The van der Waals surface area contributed by atoms with Gasteiger partial charge < -0.3 is 9.73 Å². The molecule has 0 aliphatic carbocycles. The van der Waals surface area contributed by atoms with Crippen molar-refractivity contribution in [2.24, 2.45) is 11.3 Å². The predicted molar refractivity (Wildman–Crippen MR) is 71.3 cm³/mol. The Labute approximate surface area is 109 Å². The third-order valence-electron chi connectivity index (χ3n) is 3.21. The first-order valence-corrected chi connectivity index (χ1v) is 6.64. The van der Waals surface area contributed by atoms with Crippen LogP contribution in [0.3, 0.4) is 0 Å². The van der Waals surface area contributed by atoms with E-state index in [2.05, 4.69) is 42.9 Å². The minimum Gasteiger partial charge on any atom is -0.425 e. The lowest BCUT2D eigenvalue weighted by Crippen LogP contribution is -2.42. The van der Waals surface area contributed by atoms with Crippen molar-refractivity contribution in [1.82, 2.24) is 15.5 Å². The first-order chi connectivity index (χ1) is 8.44. The van der Waals surface area contributed by atoms with Crippen molar-refractivity contribution < 1.29 is 4.42 Å². The van der Waals surface area contributed by atoms with Gasteiger partial charge >= 0.3 is 0 Å². The highest BCUT2D eigenvalue weighted by Crippen LogP contribution is 2.21. The lowest BCUT2D eigenvalue weighted by atomic mass is 9.91. The van der Waals surface area contributed by atoms with Crippen LogP contribution in [0.25, 0.3) is 0 Å². The fraction of sp³-hybridized carbons (Fsp3) is 0.714. The Kier molecular flexibility index (Phi) is 3.85. The molecule has 100 valence electrons. The molecule has 1 aliphatic rings. The average Bonchev–Trinajstić information content (AvgIpc) is 2.57. The molecular weight excluding hydrogens is 226 g/mol. The van der Waals surface area contributed by atoms with Crippen LogP contribution in [0.4, 0.5) is 0 Å². The Hall–Kier alpha value is -1.16. The normalized spacial score (nSPS) is 16.6. The van der Waals surface area contributed by atoms with Gasteiger partial charge in [-0.15, -0.1) is 10.2 Å². The molecule has 1 aliphatic heterocycles. The lowest BCUT2D eigenvalue weighted by molar-refractivity contribution is 0.343. The molecular formula is C14H23N3O. The maximum Gasteiger partial charge on any atom is 0.217 e. The van der Waals surface area contributed by atoms with E-state index in [-0.39, 0.29) is 5.41 Å². The van der Waals surface area contributed by atoms with Gasteiger partial charge in [0.15, 0.2) is 0 Å². The van der Waals surface area contributed by atoms with Crippen molar-refractivity contribution in [2.45, 2.75) is 40.0 Å². The van der Waals surface area contributed by atoms with Gasteiger partial charge in [0.1, 0.15) is 0 Å². The number of aromatic nitrogens is 2. The van der Waals surface area contributed by atoms with Crippen LogP contribution < -0.4 is 5.32 Å². The highest BCUT2D eigenvalue weighted by atomic mass is 16.4. The molecule has 0 aromatic carbocycles. The van der Waals surface area contributed by atoms with Gasteiger partial charge in [-0.3, -0.25) is 0 Å². The second kappa shape index (κ2) is 5.22. The zero-order valence-corrected chi connectivity index (χ0v) is 11.6. The minimum atomic E-state index is 0.186. The van der Waals surface area contributed by atoms with Gasteiger partial charge in [0.05, 0.1) is 0 Å². The molecule has 2 heterocycles. The molecule has 0 saturated carbocycles. The van der Waals surface area contributed by atoms with E-state index in [9.17, 15) is 0 Å². The van der Waals surface area contributed by atoms with Crippen molar-refractivity contribution in [1.29, 1.82) is 0 Å². The topological polar surface area (TPSA) is 51.0 Å². The SMILES string of the molecule is C=C(CCc1nnc(CC(C)(C)C)o1)C1CNC1. The maximum atomic E-state index is 5.66. The van der Waals surface area contributed by atoms with Crippen LogP contribution in [0.1, 0.15) is 39.0 Å². The lowest BCUT2D eigenvalue weighted by Gasteiger charge is -2.28. The monoisotopic (exact) mass is 249 g/mol. The second-order valence-electron chi connectivity index (χ2n) is 6.34. The van der Waals surface area contributed by atoms with Gasteiger partial charge in [0.25, 0.3) is 0 Å². The third kappa shape index (κ3) is 3.67. The summed E-state index contributed by atoms with van der Waals surface area (Å²) in [5.41, 5.74) is 1.48. The Balaban J connectivity index is 1.81. The molecule has 0 radical (unpaired) electrons. The van der Waals surface area contributed by atoms with Crippen molar-refractivity contribution in [3.63, 3.8) is 0 Å². The van der Waals surface area contributed by atoms with E-state index in [4.69, 9.17) is 4.42 Å². The standard InChI is InChI=1S/C14H23N3O/c1-10(11-8-15-9-11)5-6-12-16-17-13(18-12)7-14(2,3)4/h11,15H,1,5-9H2,2-4H3. The van der Waals surface area contributed by atoms with Crippen LogP contribution in [0.2, 0.25) is 0 Å². The summed E-state index contributed by atoms with van der Waals surface area (Å²) in [6.07, 6.45) is 2.59. The summed E-state index contributed by atoms with van der Waals surface area (Å²) in [5.74, 6) is 2.12. The molecule has 0 spiro atoms. The van der Waals surface area contributed by atoms with Crippen LogP contribution >= 0.6 is 0 Å². The summed E-state index contributed by atoms with van der Waals surface area (Å²) in [6.45, 7) is 12.8. The van der Waals surface area contributed by atoms with Crippen molar-refractivity contribution in [3.05, 3.63) is 23.9 Å². The number of rotatable bonds is 5. The van der Waals surface area contributed by atoms with Gasteiger partial charge in [-0.25, -0.2) is 0 Å². The minimum absolute atomic E-state index is 0.186. The van der Waals surface area contributed by atoms with Gasteiger partial charge in [-0.05, 0) is 11.8 Å². The summed E-state index contributed by atoms with van der Waals surface area (Å²) in [7, 11) is 0. The summed E-state index contributed by atoms with van der Waals surface area (Å²) in [6, 6.07) is 0. The fourth-order valence-corrected chi connectivity index (χ4v) is 1.96. The Morgan fingerprint density at radius 3 is 2.56 bits per heavy atom. The molecule has 1 aromatic heterocycles. The molecule has 0 atom stereocenters. The first-order valence-electron chi connectivity index (χ1n) is 6.64. The highest BCUT2D eigenvalue weighted by Gasteiger charge is 2.20. The van der Waals surface area contributed by atoms with Crippen LogP contribution in [0, 0.1) is 11.3 Å². The molecule has 1 saturated heterocycles. The zero-order valence-electron chi connectivity index (χ0n) is 11.6. The highest BCUT2D eigenvalue weighted by molar-refractivity contribution is 5.07. The Bertz CT molecular complexity index is 413. The summed E-state index contributed by atoms with van der Waals surface area (Å²) in [5, 5.41) is 11.5. The number of nitrogens with one attached hydrogen (secondary N) is 1. The number of hydrogen-bond acceptors (Lipinski definition) is 4. The van der Waals surface area contributed by atoms with E-state index < -0.39 is 0 Å². The molecule has 0 amide bonds. The molecule has 4 heteroatoms. The molecule has 18 heavy (non-hydrogen) atoms. The molecule has 1 aromatic rings. The van der Waals surface area contributed by atoms with Gasteiger partial charge in [-0.1, -0.05) is 32.9 Å². The van der Waals surface area contributed by atoms with E-state index in [0.29, 0.717) is 5.92 Å². The summed E-state index contributed by atoms with van der Waals surface area (Å²) < 4.78 is 5.66. The molecule has 0 bridgehead atoms. The largest absolute Gasteiger partial charge is 0.425 e. The van der Waals surface area contributed by atoms with Gasteiger partial charge in [0, 0.05) is 31.8 Å². The van der Waals surface area contributed by atoms with E-state index in [1.807, 2.05) is 0 Å². The fourth-order valence-electron chi connectivity index (χ4n) is 1.96. The van der Waals surface area contributed by atoms with Gasteiger partial charge in [0.2, 0.25) is 11.8 Å². The molecule has 1 N–H and O–H groups in total. The van der Waals surface area contributed by atoms with Crippen LogP contribution in [0.15, 0.2) is 16.6 Å². The Morgan fingerprint density at radius 2 is 2.00 bits per heavy atom. The number of hydrogen-bond donors (Lipinski definition) is 1. The van der Waals surface area contributed by atoms with Crippen LogP contribution in [-0.2, 0) is 12.8 Å². The maximum absolute atomic E-state index is 5.66. The van der Waals surface area contributed by atoms with Crippen molar-refractivity contribution >= 4 is 0 Å². The summed E-state index contributed by atoms with van der Waals surface area (Å²) >= 11 is 0. The third-order valence-corrected chi connectivity index (χ3v) is 3.21. The van der Waals surface area contributed by atoms with E-state index in [1.165, 1.54) is 5.57 Å². The van der Waals surface area contributed by atoms with Crippen molar-refractivity contribution in [2.75, 3.05) is 13.1 Å². The van der Waals surface area contributed by atoms with Gasteiger partial charge in [-0.2, -0.15) is 0 Å². The van der Waals surface area contributed by atoms with Crippen molar-refractivity contribution in [3.8, 4) is 0 Å². The quantitative estimate of drug-likeness (QED) is 0.814. The Morgan fingerprint density at radius 1 is 1.33 bits per heavy atom. The smallest absolute Gasteiger partial charge is 0.217 e. The zero-order chi connectivity index (χ0) is 13.2. The molecule has 2 rings (SSSR count). The number of nitrogens with zero attached hydrogens (tertiary/aromatic N) is 2. The second-order valence-corrected chi connectivity index (χ2v) is 6.34. The molecule has 0 unspecified atom stereocenters. The van der Waals surface area contributed by atoms with E-state index in [1.54, 1.807) is 0 Å².